The molecular formula is C14H18N4O2. The van der Waals surface area contributed by atoms with Crippen LogP contribution >= 0.6 is 0 Å². The molecule has 0 radical (unpaired) electrons. The summed E-state index contributed by atoms with van der Waals surface area (Å²) >= 11 is 0. The van der Waals surface area contributed by atoms with Crippen LogP contribution in [0.5, 0.6) is 0 Å². The van der Waals surface area contributed by atoms with Crippen molar-refractivity contribution < 1.29 is 9.90 Å². The first-order valence-corrected chi connectivity index (χ1v) is 6.69. The SMILES string of the molecule is N#Cc1ncccc1CN1CCN(CCC(=O)O)CC1. The van der Waals surface area contributed by atoms with Gasteiger partial charge in [-0.15, -0.1) is 0 Å². The summed E-state index contributed by atoms with van der Waals surface area (Å²) in [7, 11) is 0. The van der Waals surface area contributed by atoms with Crippen molar-refractivity contribution in [3.8, 4) is 6.07 Å². The fourth-order valence-electron chi connectivity index (χ4n) is 2.33. The van der Waals surface area contributed by atoms with Gasteiger partial charge >= 0.3 is 5.97 Å². The van der Waals surface area contributed by atoms with Crippen molar-refractivity contribution in [2.45, 2.75) is 13.0 Å². The van der Waals surface area contributed by atoms with Crippen LogP contribution in [-0.4, -0.2) is 58.6 Å². The third kappa shape index (κ3) is 4.02. The van der Waals surface area contributed by atoms with Crippen LogP contribution in [0.2, 0.25) is 0 Å². The Balaban J connectivity index is 1.83. The second-order valence-corrected chi connectivity index (χ2v) is 4.88. The monoisotopic (exact) mass is 274 g/mol. The van der Waals surface area contributed by atoms with Gasteiger partial charge in [-0.1, -0.05) is 6.07 Å². The van der Waals surface area contributed by atoms with Gasteiger partial charge in [0, 0.05) is 51.0 Å². The number of rotatable bonds is 5. The average Bonchev–Trinajstić information content (AvgIpc) is 2.47. The van der Waals surface area contributed by atoms with Gasteiger partial charge in [0.05, 0.1) is 6.42 Å². The summed E-state index contributed by atoms with van der Waals surface area (Å²) in [4.78, 5) is 19.0. The largest absolute Gasteiger partial charge is 0.481 e. The van der Waals surface area contributed by atoms with Crippen LogP contribution in [0.1, 0.15) is 17.7 Å². The van der Waals surface area contributed by atoms with Crippen molar-refractivity contribution in [2.24, 2.45) is 0 Å². The van der Waals surface area contributed by atoms with Gasteiger partial charge in [0.15, 0.2) is 0 Å². The number of aliphatic carboxylic acids is 1. The van der Waals surface area contributed by atoms with Crippen molar-refractivity contribution in [3.63, 3.8) is 0 Å². The van der Waals surface area contributed by atoms with Gasteiger partial charge in [-0.2, -0.15) is 5.26 Å². The van der Waals surface area contributed by atoms with E-state index >= 15 is 0 Å². The third-order valence-corrected chi connectivity index (χ3v) is 3.50. The minimum Gasteiger partial charge on any atom is -0.481 e. The number of hydrogen-bond acceptors (Lipinski definition) is 5. The van der Waals surface area contributed by atoms with E-state index in [1.807, 2.05) is 12.1 Å². The van der Waals surface area contributed by atoms with Crippen molar-refractivity contribution in [2.75, 3.05) is 32.7 Å². The van der Waals surface area contributed by atoms with Crippen molar-refractivity contribution in [3.05, 3.63) is 29.6 Å². The molecule has 0 unspecified atom stereocenters. The maximum Gasteiger partial charge on any atom is 0.304 e. The zero-order valence-corrected chi connectivity index (χ0v) is 11.3. The molecule has 1 saturated heterocycles. The predicted molar refractivity (Wildman–Crippen MR) is 72.9 cm³/mol. The molecule has 0 spiro atoms. The third-order valence-electron chi connectivity index (χ3n) is 3.50. The fraction of sp³-hybridized carbons (Fsp3) is 0.500. The van der Waals surface area contributed by atoms with Gasteiger partial charge < -0.3 is 10.0 Å². The molecule has 2 heterocycles. The van der Waals surface area contributed by atoms with Crippen LogP contribution in [-0.2, 0) is 11.3 Å². The number of piperazine rings is 1. The van der Waals surface area contributed by atoms with E-state index in [1.165, 1.54) is 0 Å². The molecule has 1 fully saturated rings. The fourth-order valence-corrected chi connectivity index (χ4v) is 2.33. The molecule has 6 heteroatoms. The quantitative estimate of drug-likeness (QED) is 0.844. The van der Waals surface area contributed by atoms with E-state index in [-0.39, 0.29) is 6.42 Å². The Bertz CT molecular complexity index is 504. The Morgan fingerprint density at radius 3 is 2.70 bits per heavy atom. The number of nitriles is 1. The maximum atomic E-state index is 10.5. The van der Waals surface area contributed by atoms with Gasteiger partial charge in [-0.3, -0.25) is 9.69 Å². The second-order valence-electron chi connectivity index (χ2n) is 4.88. The molecule has 1 aliphatic rings. The summed E-state index contributed by atoms with van der Waals surface area (Å²) in [5, 5.41) is 17.7. The highest BCUT2D eigenvalue weighted by molar-refractivity contribution is 5.66. The number of aromatic nitrogens is 1. The van der Waals surface area contributed by atoms with Crippen LogP contribution in [0.25, 0.3) is 0 Å². The summed E-state index contributed by atoms with van der Waals surface area (Å²) < 4.78 is 0. The summed E-state index contributed by atoms with van der Waals surface area (Å²) in [5.41, 5.74) is 1.44. The Morgan fingerprint density at radius 2 is 2.05 bits per heavy atom. The number of carbonyl (C=O) groups is 1. The molecule has 1 N–H and O–H groups in total. The minimum atomic E-state index is -0.749. The van der Waals surface area contributed by atoms with Crippen LogP contribution in [0.3, 0.4) is 0 Å². The number of pyridine rings is 1. The molecule has 0 saturated carbocycles. The van der Waals surface area contributed by atoms with Gasteiger partial charge in [0.2, 0.25) is 0 Å². The lowest BCUT2D eigenvalue weighted by Crippen LogP contribution is -2.46. The van der Waals surface area contributed by atoms with E-state index < -0.39 is 5.97 Å². The van der Waals surface area contributed by atoms with Crippen LogP contribution in [0.4, 0.5) is 0 Å². The number of hydrogen-bond donors (Lipinski definition) is 1. The van der Waals surface area contributed by atoms with E-state index in [0.29, 0.717) is 12.2 Å². The first-order valence-electron chi connectivity index (χ1n) is 6.69. The summed E-state index contributed by atoms with van der Waals surface area (Å²) in [6.07, 6.45) is 1.83. The highest BCUT2D eigenvalue weighted by atomic mass is 16.4. The number of carboxylic acid groups (broad SMARTS) is 1. The highest BCUT2D eigenvalue weighted by Crippen LogP contribution is 2.11. The Kier molecular flexibility index (Phi) is 5.04. The van der Waals surface area contributed by atoms with Crippen molar-refractivity contribution in [1.82, 2.24) is 14.8 Å². The Hall–Kier alpha value is -1.97. The zero-order valence-electron chi connectivity index (χ0n) is 11.3. The molecule has 0 aliphatic carbocycles. The van der Waals surface area contributed by atoms with Crippen molar-refractivity contribution in [1.29, 1.82) is 5.26 Å². The van der Waals surface area contributed by atoms with Crippen LogP contribution in [0, 0.1) is 11.3 Å². The molecule has 1 aromatic heterocycles. The summed E-state index contributed by atoms with van der Waals surface area (Å²) in [6.45, 7) is 4.85. The second kappa shape index (κ2) is 6.98. The van der Waals surface area contributed by atoms with E-state index in [1.54, 1.807) is 6.20 Å². The van der Waals surface area contributed by atoms with Gasteiger partial charge in [-0.05, 0) is 6.07 Å². The lowest BCUT2D eigenvalue weighted by molar-refractivity contribution is -0.137. The normalized spacial score (nSPS) is 16.8. The van der Waals surface area contributed by atoms with Crippen molar-refractivity contribution >= 4 is 5.97 Å². The average molecular weight is 274 g/mol. The molecule has 106 valence electrons. The lowest BCUT2D eigenvalue weighted by Gasteiger charge is -2.34. The molecule has 2 rings (SSSR count). The first kappa shape index (κ1) is 14.4. The predicted octanol–water partition coefficient (Wildman–Crippen LogP) is 0.546. The zero-order chi connectivity index (χ0) is 14.4. The summed E-state index contributed by atoms with van der Waals surface area (Å²) in [6, 6.07) is 5.89. The van der Waals surface area contributed by atoms with Crippen LogP contribution in [0.15, 0.2) is 18.3 Å². The maximum absolute atomic E-state index is 10.5. The standard InChI is InChI=1S/C14H18N4O2/c15-10-13-12(2-1-4-16-13)11-18-8-6-17(7-9-18)5-3-14(19)20/h1-2,4H,3,5-9,11H2,(H,19,20). The molecule has 1 aromatic rings. The molecule has 20 heavy (non-hydrogen) atoms. The number of nitrogens with zero attached hydrogens (tertiary/aromatic N) is 4. The van der Waals surface area contributed by atoms with Gasteiger partial charge in [0.1, 0.15) is 11.8 Å². The van der Waals surface area contributed by atoms with E-state index in [9.17, 15) is 4.79 Å². The van der Waals surface area contributed by atoms with E-state index in [2.05, 4.69) is 20.9 Å². The minimum absolute atomic E-state index is 0.196. The first-order chi connectivity index (χ1) is 9.69. The molecule has 6 nitrogen and oxygen atoms in total. The smallest absolute Gasteiger partial charge is 0.304 e. The lowest BCUT2D eigenvalue weighted by atomic mass is 10.1. The van der Waals surface area contributed by atoms with E-state index in [0.717, 1.165) is 38.3 Å². The Morgan fingerprint density at radius 1 is 1.35 bits per heavy atom. The molecular weight excluding hydrogens is 256 g/mol. The number of carboxylic acids is 1. The van der Waals surface area contributed by atoms with Gasteiger partial charge in [-0.25, -0.2) is 4.98 Å². The van der Waals surface area contributed by atoms with Gasteiger partial charge in [0.25, 0.3) is 0 Å². The molecule has 0 aromatic carbocycles. The molecule has 0 amide bonds. The molecule has 1 aliphatic heterocycles. The molecule has 0 atom stereocenters. The highest BCUT2D eigenvalue weighted by Gasteiger charge is 2.18. The van der Waals surface area contributed by atoms with E-state index in [4.69, 9.17) is 10.4 Å². The molecule has 0 bridgehead atoms. The van der Waals surface area contributed by atoms with Crippen LogP contribution < -0.4 is 0 Å². The topological polar surface area (TPSA) is 80.5 Å². The summed E-state index contributed by atoms with van der Waals surface area (Å²) in [5.74, 6) is -0.749. The Labute approximate surface area is 118 Å².